The highest BCUT2D eigenvalue weighted by Crippen LogP contribution is 2.25. The number of thiophene rings is 1. The minimum Gasteiger partial charge on any atom is -0.476 e. The highest BCUT2D eigenvalue weighted by molar-refractivity contribution is 7.16. The summed E-state index contributed by atoms with van der Waals surface area (Å²) in [5.74, 6) is -1.13. The molecule has 3 rings (SSSR count). The molecule has 0 aliphatic rings. The zero-order valence-electron chi connectivity index (χ0n) is 10.6. The standard InChI is InChI=1S/C13H9ClN4O2S/c14-10-5-4-8(21-10)7-18-12(9-3-1-2-6-15-9)11(13(19)20)16-17-18/h1-6H,7H2,(H,19,20). The minimum absolute atomic E-state index is 0.114. The summed E-state index contributed by atoms with van der Waals surface area (Å²) in [6.45, 7) is 0.392. The normalized spacial score (nSPS) is 10.7. The van der Waals surface area contributed by atoms with Crippen molar-refractivity contribution in [1.82, 2.24) is 20.0 Å². The number of halogens is 1. The molecule has 0 aliphatic heterocycles. The summed E-state index contributed by atoms with van der Waals surface area (Å²) in [6, 6.07) is 8.93. The van der Waals surface area contributed by atoms with Crippen LogP contribution >= 0.6 is 22.9 Å². The van der Waals surface area contributed by atoms with Gasteiger partial charge in [0.2, 0.25) is 0 Å². The smallest absolute Gasteiger partial charge is 0.358 e. The first kappa shape index (κ1) is 13.7. The third-order valence-electron chi connectivity index (χ3n) is 2.78. The average Bonchev–Trinajstić information content (AvgIpc) is 3.07. The summed E-state index contributed by atoms with van der Waals surface area (Å²) in [5, 5.41) is 16.9. The maximum Gasteiger partial charge on any atom is 0.358 e. The van der Waals surface area contributed by atoms with Crippen LogP contribution in [-0.4, -0.2) is 31.1 Å². The molecule has 8 heteroatoms. The van der Waals surface area contributed by atoms with E-state index in [-0.39, 0.29) is 5.69 Å². The van der Waals surface area contributed by atoms with Gasteiger partial charge in [0.05, 0.1) is 16.6 Å². The molecule has 3 aromatic heterocycles. The summed E-state index contributed by atoms with van der Waals surface area (Å²) in [4.78, 5) is 16.4. The SMILES string of the molecule is O=C(O)c1nnn(Cc2ccc(Cl)s2)c1-c1ccccn1. The molecule has 0 fully saturated rings. The van der Waals surface area contributed by atoms with E-state index in [9.17, 15) is 9.90 Å². The van der Waals surface area contributed by atoms with Crippen molar-refractivity contribution in [3.63, 3.8) is 0 Å². The third-order valence-corrected chi connectivity index (χ3v) is 4.00. The monoisotopic (exact) mass is 320 g/mol. The number of carbonyl (C=O) groups is 1. The van der Waals surface area contributed by atoms with Gasteiger partial charge in [0.1, 0.15) is 5.69 Å². The highest BCUT2D eigenvalue weighted by atomic mass is 35.5. The number of nitrogens with zero attached hydrogens (tertiary/aromatic N) is 4. The third kappa shape index (κ3) is 2.79. The fourth-order valence-electron chi connectivity index (χ4n) is 1.91. The Morgan fingerprint density at radius 1 is 1.33 bits per heavy atom. The second-order valence-corrected chi connectivity index (χ2v) is 5.97. The molecule has 0 bridgehead atoms. The molecule has 6 nitrogen and oxygen atoms in total. The van der Waals surface area contributed by atoms with Gasteiger partial charge in [-0.15, -0.1) is 16.4 Å². The van der Waals surface area contributed by atoms with E-state index >= 15 is 0 Å². The fraction of sp³-hybridized carbons (Fsp3) is 0.0769. The molecule has 0 radical (unpaired) electrons. The van der Waals surface area contributed by atoms with Crippen LogP contribution < -0.4 is 0 Å². The molecule has 3 aromatic rings. The van der Waals surface area contributed by atoms with E-state index in [1.54, 1.807) is 30.5 Å². The lowest BCUT2D eigenvalue weighted by molar-refractivity contribution is 0.0691. The van der Waals surface area contributed by atoms with Crippen molar-refractivity contribution in [2.45, 2.75) is 6.54 Å². The number of rotatable bonds is 4. The van der Waals surface area contributed by atoms with Gasteiger partial charge >= 0.3 is 5.97 Å². The molecule has 0 atom stereocenters. The first-order valence-electron chi connectivity index (χ1n) is 5.97. The first-order chi connectivity index (χ1) is 10.1. The fourth-order valence-corrected chi connectivity index (χ4v) is 2.98. The topological polar surface area (TPSA) is 80.9 Å². The zero-order chi connectivity index (χ0) is 14.8. The molecule has 0 saturated heterocycles. The predicted octanol–water partition coefficient (Wildman–Crippen LogP) is 2.80. The van der Waals surface area contributed by atoms with Crippen LogP contribution in [0.3, 0.4) is 0 Å². The molecule has 0 aliphatic carbocycles. The van der Waals surface area contributed by atoms with Gasteiger partial charge in [0, 0.05) is 11.1 Å². The van der Waals surface area contributed by atoms with Crippen LogP contribution in [0, 0.1) is 0 Å². The Balaban J connectivity index is 2.07. The minimum atomic E-state index is -1.13. The van der Waals surface area contributed by atoms with Crippen molar-refractivity contribution in [3.05, 3.63) is 51.4 Å². The Labute approximate surface area is 128 Å². The van der Waals surface area contributed by atoms with Crippen LogP contribution in [0.4, 0.5) is 0 Å². The van der Waals surface area contributed by atoms with Gasteiger partial charge in [-0.25, -0.2) is 9.48 Å². The number of carboxylic acid groups (broad SMARTS) is 1. The van der Waals surface area contributed by atoms with E-state index in [1.807, 2.05) is 6.07 Å². The van der Waals surface area contributed by atoms with Crippen LogP contribution in [0.2, 0.25) is 4.34 Å². The molecule has 0 aromatic carbocycles. The average molecular weight is 321 g/mol. The highest BCUT2D eigenvalue weighted by Gasteiger charge is 2.21. The van der Waals surface area contributed by atoms with E-state index in [4.69, 9.17) is 11.6 Å². The van der Waals surface area contributed by atoms with Gasteiger partial charge in [-0.05, 0) is 24.3 Å². The molecule has 3 heterocycles. The Morgan fingerprint density at radius 2 is 2.19 bits per heavy atom. The lowest BCUT2D eigenvalue weighted by Gasteiger charge is -2.05. The predicted molar refractivity (Wildman–Crippen MR) is 78.6 cm³/mol. The number of aromatic nitrogens is 4. The number of hydrogen-bond acceptors (Lipinski definition) is 5. The second kappa shape index (κ2) is 5.63. The Hall–Kier alpha value is -2.25. The van der Waals surface area contributed by atoms with Crippen molar-refractivity contribution in [2.75, 3.05) is 0 Å². The van der Waals surface area contributed by atoms with Crippen LogP contribution in [-0.2, 0) is 6.54 Å². The number of carboxylic acids is 1. The Bertz CT molecular complexity index is 785. The van der Waals surface area contributed by atoms with Crippen molar-refractivity contribution < 1.29 is 9.90 Å². The quantitative estimate of drug-likeness (QED) is 0.799. The van der Waals surface area contributed by atoms with Crippen molar-refractivity contribution in [2.24, 2.45) is 0 Å². The molecule has 106 valence electrons. The Kier molecular flexibility index (Phi) is 3.68. The maximum atomic E-state index is 11.3. The number of aromatic carboxylic acids is 1. The van der Waals surface area contributed by atoms with Crippen molar-refractivity contribution in [3.8, 4) is 11.4 Å². The molecule has 0 spiro atoms. The zero-order valence-corrected chi connectivity index (χ0v) is 12.2. The van der Waals surface area contributed by atoms with E-state index in [1.165, 1.54) is 16.0 Å². The number of pyridine rings is 1. The van der Waals surface area contributed by atoms with Crippen LogP contribution in [0.5, 0.6) is 0 Å². The van der Waals surface area contributed by atoms with E-state index in [0.29, 0.717) is 22.3 Å². The molecule has 0 saturated carbocycles. The van der Waals surface area contributed by atoms with Crippen LogP contribution in [0.25, 0.3) is 11.4 Å². The van der Waals surface area contributed by atoms with Crippen LogP contribution in [0.15, 0.2) is 36.5 Å². The maximum absolute atomic E-state index is 11.3. The molecule has 1 N–H and O–H groups in total. The van der Waals surface area contributed by atoms with Gasteiger partial charge in [-0.1, -0.05) is 22.9 Å². The second-order valence-electron chi connectivity index (χ2n) is 4.17. The van der Waals surface area contributed by atoms with Gasteiger partial charge < -0.3 is 5.11 Å². The molecular weight excluding hydrogens is 312 g/mol. The van der Waals surface area contributed by atoms with E-state index in [2.05, 4.69) is 15.3 Å². The van der Waals surface area contributed by atoms with Crippen molar-refractivity contribution in [1.29, 1.82) is 0 Å². The van der Waals surface area contributed by atoms with Crippen molar-refractivity contribution >= 4 is 28.9 Å². The molecule has 21 heavy (non-hydrogen) atoms. The molecule has 0 unspecified atom stereocenters. The van der Waals surface area contributed by atoms with Gasteiger partial charge in [0.25, 0.3) is 0 Å². The summed E-state index contributed by atoms with van der Waals surface area (Å²) in [7, 11) is 0. The summed E-state index contributed by atoms with van der Waals surface area (Å²) < 4.78 is 2.19. The van der Waals surface area contributed by atoms with Gasteiger partial charge in [-0.3, -0.25) is 4.98 Å². The summed E-state index contributed by atoms with van der Waals surface area (Å²) in [5.41, 5.74) is 0.784. The first-order valence-corrected chi connectivity index (χ1v) is 7.17. The largest absolute Gasteiger partial charge is 0.476 e. The molecule has 0 amide bonds. The lowest BCUT2D eigenvalue weighted by Crippen LogP contribution is -2.06. The lowest BCUT2D eigenvalue weighted by atomic mass is 10.2. The number of hydrogen-bond donors (Lipinski definition) is 1. The van der Waals surface area contributed by atoms with Crippen LogP contribution in [0.1, 0.15) is 15.4 Å². The van der Waals surface area contributed by atoms with E-state index < -0.39 is 5.97 Å². The Morgan fingerprint density at radius 3 is 2.81 bits per heavy atom. The van der Waals surface area contributed by atoms with Gasteiger partial charge in [0.15, 0.2) is 5.69 Å². The molecular formula is C13H9ClN4O2S. The summed E-state index contributed by atoms with van der Waals surface area (Å²) in [6.07, 6.45) is 1.60. The van der Waals surface area contributed by atoms with Gasteiger partial charge in [-0.2, -0.15) is 0 Å². The summed E-state index contributed by atoms with van der Waals surface area (Å²) >= 11 is 7.32. The van der Waals surface area contributed by atoms with E-state index in [0.717, 1.165) is 4.88 Å².